The topological polar surface area (TPSA) is 93.7 Å². The van der Waals surface area contributed by atoms with Gasteiger partial charge in [0, 0.05) is 6.04 Å². The Kier molecular flexibility index (Phi) is 6.80. The molecule has 1 saturated carbocycles. The van der Waals surface area contributed by atoms with Gasteiger partial charge in [-0.25, -0.2) is 9.59 Å². The number of esters is 1. The Bertz CT molecular complexity index is 638. The second-order valence-electron chi connectivity index (χ2n) is 6.15. The van der Waals surface area contributed by atoms with Crippen LogP contribution < -0.4 is 15.4 Å². The zero-order valence-electron chi connectivity index (χ0n) is 14.6. The predicted octanol–water partition coefficient (Wildman–Crippen LogP) is 1.99. The number of nitrogens with one attached hydrogen (secondary N) is 2. The van der Waals surface area contributed by atoms with Crippen LogP contribution in [0.3, 0.4) is 0 Å². The molecule has 7 nitrogen and oxygen atoms in total. The fourth-order valence-electron chi connectivity index (χ4n) is 2.66. The molecule has 0 atom stereocenters. The minimum atomic E-state index is -0.674. The molecule has 0 unspecified atom stereocenters. The number of aryl methyl sites for hydroxylation is 1. The van der Waals surface area contributed by atoms with E-state index in [0.717, 1.165) is 36.8 Å². The number of amides is 3. The Labute approximate surface area is 147 Å². The first-order valence-electron chi connectivity index (χ1n) is 8.40. The van der Waals surface area contributed by atoms with Gasteiger partial charge < -0.3 is 14.8 Å². The molecule has 0 bridgehead atoms. The number of hydrogen-bond donors (Lipinski definition) is 2. The maximum atomic E-state index is 11.7. The van der Waals surface area contributed by atoms with Crippen molar-refractivity contribution in [3.63, 3.8) is 0 Å². The van der Waals surface area contributed by atoms with E-state index >= 15 is 0 Å². The number of rotatable bonds is 6. The van der Waals surface area contributed by atoms with E-state index in [4.69, 9.17) is 9.47 Å². The van der Waals surface area contributed by atoms with Gasteiger partial charge in [-0.05, 0) is 43.9 Å². The molecule has 0 aromatic heterocycles. The highest BCUT2D eigenvalue weighted by Crippen LogP contribution is 2.20. The fraction of sp³-hybridized carbons (Fsp3) is 0.500. The summed E-state index contributed by atoms with van der Waals surface area (Å²) >= 11 is 0. The Morgan fingerprint density at radius 2 is 1.84 bits per heavy atom. The molecule has 1 aromatic rings. The molecule has 0 aliphatic heterocycles. The van der Waals surface area contributed by atoms with E-state index in [1.165, 1.54) is 0 Å². The molecule has 0 heterocycles. The van der Waals surface area contributed by atoms with Crippen LogP contribution in [-0.4, -0.2) is 37.2 Å². The maximum Gasteiger partial charge on any atom is 0.344 e. The highest BCUT2D eigenvalue weighted by molar-refractivity contribution is 5.95. The summed E-state index contributed by atoms with van der Waals surface area (Å²) in [7, 11) is 0. The number of imide groups is 1. The van der Waals surface area contributed by atoms with Crippen molar-refractivity contribution in [3.8, 4) is 5.75 Å². The summed E-state index contributed by atoms with van der Waals surface area (Å²) in [5.41, 5.74) is 2.00. The molecule has 1 aromatic carbocycles. The van der Waals surface area contributed by atoms with Crippen LogP contribution in [0.4, 0.5) is 4.79 Å². The van der Waals surface area contributed by atoms with Gasteiger partial charge in [0.15, 0.2) is 13.2 Å². The Morgan fingerprint density at radius 1 is 1.12 bits per heavy atom. The zero-order chi connectivity index (χ0) is 18.2. The van der Waals surface area contributed by atoms with E-state index in [-0.39, 0.29) is 12.6 Å². The average Bonchev–Trinajstić information content (AvgIpc) is 3.07. The third kappa shape index (κ3) is 6.10. The highest BCUT2D eigenvalue weighted by atomic mass is 16.6. The minimum absolute atomic E-state index is 0.112. The molecule has 1 fully saturated rings. The van der Waals surface area contributed by atoms with Gasteiger partial charge >= 0.3 is 12.0 Å². The number of benzene rings is 1. The van der Waals surface area contributed by atoms with Crippen LogP contribution in [0.1, 0.15) is 36.8 Å². The first-order valence-corrected chi connectivity index (χ1v) is 8.40. The summed E-state index contributed by atoms with van der Waals surface area (Å²) in [5, 5.41) is 4.87. The zero-order valence-corrected chi connectivity index (χ0v) is 14.6. The second kappa shape index (κ2) is 9.05. The smallest absolute Gasteiger partial charge is 0.344 e. The number of urea groups is 1. The van der Waals surface area contributed by atoms with E-state index in [1.54, 1.807) is 6.07 Å². The van der Waals surface area contributed by atoms with Gasteiger partial charge in [0.2, 0.25) is 0 Å². The van der Waals surface area contributed by atoms with E-state index < -0.39 is 24.5 Å². The Morgan fingerprint density at radius 3 is 2.56 bits per heavy atom. The van der Waals surface area contributed by atoms with Crippen molar-refractivity contribution in [1.82, 2.24) is 10.6 Å². The lowest BCUT2D eigenvalue weighted by atomic mass is 10.1. The minimum Gasteiger partial charge on any atom is -0.482 e. The number of ether oxygens (including phenoxy) is 2. The summed E-state index contributed by atoms with van der Waals surface area (Å²) in [6.45, 7) is 3.02. The van der Waals surface area contributed by atoms with E-state index in [0.29, 0.717) is 5.75 Å². The molecule has 1 aliphatic carbocycles. The molecule has 0 spiro atoms. The molecule has 0 saturated heterocycles. The summed E-state index contributed by atoms with van der Waals surface area (Å²) < 4.78 is 10.2. The summed E-state index contributed by atoms with van der Waals surface area (Å²) in [5.74, 6) is -0.750. The summed E-state index contributed by atoms with van der Waals surface area (Å²) in [6.07, 6.45) is 4.01. The van der Waals surface area contributed by atoms with Gasteiger partial charge in [0.1, 0.15) is 5.75 Å². The van der Waals surface area contributed by atoms with Crippen LogP contribution >= 0.6 is 0 Å². The summed E-state index contributed by atoms with van der Waals surface area (Å²) in [6, 6.07) is 5.09. The highest BCUT2D eigenvalue weighted by Gasteiger charge is 2.18. The van der Waals surface area contributed by atoms with Crippen molar-refractivity contribution < 1.29 is 23.9 Å². The Balaban J connectivity index is 1.66. The van der Waals surface area contributed by atoms with Crippen LogP contribution in [-0.2, 0) is 14.3 Å². The van der Waals surface area contributed by atoms with Crippen molar-refractivity contribution in [2.75, 3.05) is 13.2 Å². The fourth-order valence-corrected chi connectivity index (χ4v) is 2.66. The molecule has 3 amide bonds. The van der Waals surface area contributed by atoms with Gasteiger partial charge in [0.25, 0.3) is 5.91 Å². The summed E-state index contributed by atoms with van der Waals surface area (Å²) in [4.78, 5) is 34.9. The van der Waals surface area contributed by atoms with Crippen molar-refractivity contribution >= 4 is 17.9 Å². The van der Waals surface area contributed by atoms with Crippen LogP contribution in [0.25, 0.3) is 0 Å². The maximum absolute atomic E-state index is 11.7. The van der Waals surface area contributed by atoms with E-state index in [2.05, 4.69) is 10.6 Å². The van der Waals surface area contributed by atoms with Gasteiger partial charge in [-0.2, -0.15) is 0 Å². The first-order chi connectivity index (χ1) is 12.0. The molecular formula is C18H24N2O5. The third-order valence-electron chi connectivity index (χ3n) is 4.21. The second-order valence-corrected chi connectivity index (χ2v) is 6.15. The van der Waals surface area contributed by atoms with Crippen molar-refractivity contribution in [2.24, 2.45) is 0 Å². The van der Waals surface area contributed by atoms with Gasteiger partial charge in [-0.15, -0.1) is 0 Å². The molecule has 25 heavy (non-hydrogen) atoms. The van der Waals surface area contributed by atoms with Crippen molar-refractivity contribution in [2.45, 2.75) is 45.6 Å². The molecule has 7 heteroatoms. The lowest BCUT2D eigenvalue weighted by molar-refractivity contribution is -0.150. The molecule has 2 N–H and O–H groups in total. The van der Waals surface area contributed by atoms with Crippen LogP contribution in [0.5, 0.6) is 5.75 Å². The van der Waals surface area contributed by atoms with Gasteiger partial charge in [0.05, 0.1) is 0 Å². The average molecular weight is 348 g/mol. The van der Waals surface area contributed by atoms with Crippen LogP contribution in [0.2, 0.25) is 0 Å². The Hall–Kier alpha value is -2.57. The molecule has 2 rings (SSSR count). The SMILES string of the molecule is Cc1cccc(OCC(=O)OCC(=O)NC(=O)NC2CCCC2)c1C. The predicted molar refractivity (Wildman–Crippen MR) is 91.3 cm³/mol. The van der Waals surface area contributed by atoms with E-state index in [9.17, 15) is 14.4 Å². The monoisotopic (exact) mass is 348 g/mol. The standard InChI is InChI=1S/C18H24N2O5/c1-12-6-5-9-15(13(12)2)24-11-17(22)25-10-16(21)20-18(23)19-14-7-3-4-8-14/h5-6,9,14H,3-4,7-8,10-11H2,1-2H3,(H2,19,20,21,23). The van der Waals surface area contributed by atoms with Crippen molar-refractivity contribution in [3.05, 3.63) is 29.3 Å². The van der Waals surface area contributed by atoms with Crippen LogP contribution in [0, 0.1) is 13.8 Å². The number of carbonyl (C=O) groups excluding carboxylic acids is 3. The number of carbonyl (C=O) groups is 3. The molecule has 1 aliphatic rings. The van der Waals surface area contributed by atoms with E-state index in [1.807, 2.05) is 26.0 Å². The first kappa shape index (κ1) is 18.8. The lowest BCUT2D eigenvalue weighted by Crippen LogP contribution is -2.45. The molecule has 0 radical (unpaired) electrons. The molecule has 136 valence electrons. The third-order valence-corrected chi connectivity index (χ3v) is 4.21. The number of hydrogen-bond acceptors (Lipinski definition) is 5. The van der Waals surface area contributed by atoms with Gasteiger partial charge in [-0.1, -0.05) is 25.0 Å². The van der Waals surface area contributed by atoms with Gasteiger partial charge in [-0.3, -0.25) is 10.1 Å². The van der Waals surface area contributed by atoms with Crippen molar-refractivity contribution in [1.29, 1.82) is 0 Å². The lowest BCUT2D eigenvalue weighted by Gasteiger charge is -2.12. The largest absolute Gasteiger partial charge is 0.482 e. The molecular weight excluding hydrogens is 324 g/mol. The quantitative estimate of drug-likeness (QED) is 0.767. The normalized spacial score (nSPS) is 14.0. The van der Waals surface area contributed by atoms with Crippen LogP contribution in [0.15, 0.2) is 18.2 Å².